The first-order valence-electron chi connectivity index (χ1n) is 6.55. The van der Waals surface area contributed by atoms with Gasteiger partial charge < -0.3 is 15.2 Å². The second-order valence-electron chi connectivity index (χ2n) is 5.75. The van der Waals surface area contributed by atoms with Gasteiger partial charge in [-0.15, -0.1) is 0 Å². The molecular formula is C15H22ClNO3. The van der Waals surface area contributed by atoms with Gasteiger partial charge in [0.1, 0.15) is 5.75 Å². The van der Waals surface area contributed by atoms with Gasteiger partial charge in [0.15, 0.2) is 0 Å². The fourth-order valence-electron chi connectivity index (χ4n) is 2.09. The average molecular weight is 300 g/mol. The van der Waals surface area contributed by atoms with E-state index in [2.05, 4.69) is 5.32 Å². The molecule has 0 saturated heterocycles. The SMILES string of the molecule is COc1cc(C(=O)NCC(C)(C)CC(C)O)ccc1Cl. The third-order valence-corrected chi connectivity index (χ3v) is 3.30. The Morgan fingerprint density at radius 2 is 2.15 bits per heavy atom. The number of ether oxygens (including phenoxy) is 1. The number of rotatable bonds is 6. The lowest BCUT2D eigenvalue weighted by atomic mass is 9.87. The Morgan fingerprint density at radius 1 is 1.50 bits per heavy atom. The summed E-state index contributed by atoms with van der Waals surface area (Å²) in [5.74, 6) is 0.293. The van der Waals surface area contributed by atoms with Gasteiger partial charge in [-0.25, -0.2) is 0 Å². The van der Waals surface area contributed by atoms with E-state index >= 15 is 0 Å². The van der Waals surface area contributed by atoms with Gasteiger partial charge in [-0.05, 0) is 37.0 Å². The summed E-state index contributed by atoms with van der Waals surface area (Å²) in [4.78, 5) is 12.1. The molecule has 0 fully saturated rings. The first kappa shape index (κ1) is 16.8. The van der Waals surface area contributed by atoms with E-state index in [1.54, 1.807) is 25.1 Å². The first-order valence-corrected chi connectivity index (χ1v) is 6.93. The molecule has 0 aliphatic rings. The van der Waals surface area contributed by atoms with E-state index in [1.165, 1.54) is 7.11 Å². The van der Waals surface area contributed by atoms with E-state index in [0.717, 1.165) is 0 Å². The summed E-state index contributed by atoms with van der Waals surface area (Å²) in [5.41, 5.74) is 0.333. The van der Waals surface area contributed by atoms with Gasteiger partial charge in [0, 0.05) is 12.1 Å². The van der Waals surface area contributed by atoms with Crippen molar-refractivity contribution in [2.45, 2.75) is 33.3 Å². The quantitative estimate of drug-likeness (QED) is 0.849. The monoisotopic (exact) mass is 299 g/mol. The van der Waals surface area contributed by atoms with Crippen LogP contribution in [0.2, 0.25) is 5.02 Å². The lowest BCUT2D eigenvalue weighted by Crippen LogP contribution is -2.35. The number of carbonyl (C=O) groups is 1. The minimum Gasteiger partial charge on any atom is -0.495 e. The zero-order chi connectivity index (χ0) is 15.3. The number of hydrogen-bond acceptors (Lipinski definition) is 3. The van der Waals surface area contributed by atoms with Crippen LogP contribution in [-0.4, -0.2) is 30.8 Å². The molecule has 2 N–H and O–H groups in total. The molecule has 4 nitrogen and oxygen atoms in total. The van der Waals surface area contributed by atoms with Crippen LogP contribution in [-0.2, 0) is 0 Å². The van der Waals surface area contributed by atoms with Crippen molar-refractivity contribution in [3.05, 3.63) is 28.8 Å². The maximum Gasteiger partial charge on any atom is 0.251 e. The maximum absolute atomic E-state index is 12.1. The molecular weight excluding hydrogens is 278 g/mol. The normalized spacial score (nSPS) is 12.9. The van der Waals surface area contributed by atoms with Crippen LogP contribution in [0, 0.1) is 5.41 Å². The van der Waals surface area contributed by atoms with Crippen LogP contribution in [0.4, 0.5) is 0 Å². The van der Waals surface area contributed by atoms with Crippen LogP contribution in [0.15, 0.2) is 18.2 Å². The number of amides is 1. The summed E-state index contributed by atoms with van der Waals surface area (Å²) >= 11 is 5.92. The molecule has 1 unspecified atom stereocenters. The van der Waals surface area contributed by atoms with E-state index in [9.17, 15) is 9.90 Å². The molecule has 1 rings (SSSR count). The van der Waals surface area contributed by atoms with E-state index in [-0.39, 0.29) is 11.3 Å². The molecule has 0 saturated carbocycles. The second-order valence-corrected chi connectivity index (χ2v) is 6.16. The van der Waals surface area contributed by atoms with Crippen molar-refractivity contribution >= 4 is 17.5 Å². The van der Waals surface area contributed by atoms with Crippen LogP contribution in [0.5, 0.6) is 5.75 Å². The van der Waals surface area contributed by atoms with Crippen molar-refractivity contribution in [2.24, 2.45) is 5.41 Å². The van der Waals surface area contributed by atoms with E-state index < -0.39 is 6.10 Å². The predicted octanol–water partition coefficient (Wildman–Crippen LogP) is 2.88. The Labute approximate surface area is 125 Å². The van der Waals surface area contributed by atoms with Crippen LogP contribution in [0.25, 0.3) is 0 Å². The molecule has 112 valence electrons. The third kappa shape index (κ3) is 5.02. The highest BCUT2D eigenvalue weighted by molar-refractivity contribution is 6.32. The van der Waals surface area contributed by atoms with Crippen molar-refractivity contribution in [3.63, 3.8) is 0 Å². The molecule has 1 aromatic rings. The van der Waals surface area contributed by atoms with Gasteiger partial charge in [0.05, 0.1) is 18.2 Å². The second kappa shape index (κ2) is 6.95. The van der Waals surface area contributed by atoms with Gasteiger partial charge >= 0.3 is 0 Å². The molecule has 1 amide bonds. The summed E-state index contributed by atoms with van der Waals surface area (Å²) in [5, 5.41) is 12.8. The zero-order valence-corrected chi connectivity index (χ0v) is 13.1. The summed E-state index contributed by atoms with van der Waals surface area (Å²) in [6, 6.07) is 4.90. The van der Waals surface area contributed by atoms with E-state index in [0.29, 0.717) is 29.3 Å². The van der Waals surface area contributed by atoms with Crippen LogP contribution in [0.1, 0.15) is 37.6 Å². The summed E-state index contributed by atoms with van der Waals surface area (Å²) in [7, 11) is 1.51. The van der Waals surface area contributed by atoms with Gasteiger partial charge in [0.2, 0.25) is 0 Å². The molecule has 0 spiro atoms. The minimum atomic E-state index is -0.391. The lowest BCUT2D eigenvalue weighted by molar-refractivity contribution is 0.0901. The summed E-state index contributed by atoms with van der Waals surface area (Å²) in [6.07, 6.45) is 0.231. The summed E-state index contributed by atoms with van der Waals surface area (Å²) < 4.78 is 5.09. The predicted molar refractivity (Wildman–Crippen MR) is 80.4 cm³/mol. The fraction of sp³-hybridized carbons (Fsp3) is 0.533. The van der Waals surface area contributed by atoms with E-state index in [4.69, 9.17) is 16.3 Å². The number of carbonyl (C=O) groups excluding carboxylic acids is 1. The number of methoxy groups -OCH3 is 1. The number of halogens is 1. The lowest BCUT2D eigenvalue weighted by Gasteiger charge is -2.26. The molecule has 5 heteroatoms. The van der Waals surface area contributed by atoms with Crippen LogP contribution >= 0.6 is 11.6 Å². The van der Waals surface area contributed by atoms with Crippen molar-refractivity contribution in [2.75, 3.05) is 13.7 Å². The molecule has 20 heavy (non-hydrogen) atoms. The smallest absolute Gasteiger partial charge is 0.251 e. The Hall–Kier alpha value is -1.26. The molecule has 0 aromatic heterocycles. The molecule has 0 aliphatic heterocycles. The zero-order valence-electron chi connectivity index (χ0n) is 12.4. The van der Waals surface area contributed by atoms with Crippen molar-refractivity contribution in [1.29, 1.82) is 0 Å². The minimum absolute atomic E-state index is 0.166. The van der Waals surface area contributed by atoms with Gasteiger partial charge in [-0.2, -0.15) is 0 Å². The third-order valence-electron chi connectivity index (χ3n) is 2.99. The number of hydrogen-bond donors (Lipinski definition) is 2. The Balaban J connectivity index is 2.68. The highest BCUT2D eigenvalue weighted by atomic mass is 35.5. The van der Waals surface area contributed by atoms with Crippen LogP contribution in [0.3, 0.4) is 0 Å². The Bertz CT molecular complexity index is 472. The number of aliphatic hydroxyl groups excluding tert-OH is 1. The van der Waals surface area contributed by atoms with Crippen molar-refractivity contribution in [3.8, 4) is 5.75 Å². The molecule has 0 aliphatic carbocycles. The van der Waals surface area contributed by atoms with Gasteiger partial charge in [-0.3, -0.25) is 4.79 Å². The molecule has 1 atom stereocenters. The van der Waals surface area contributed by atoms with E-state index in [1.807, 2.05) is 13.8 Å². The fourth-order valence-corrected chi connectivity index (χ4v) is 2.29. The van der Waals surface area contributed by atoms with Crippen molar-refractivity contribution in [1.82, 2.24) is 5.32 Å². The maximum atomic E-state index is 12.1. The first-order chi connectivity index (χ1) is 9.25. The topological polar surface area (TPSA) is 58.6 Å². The summed E-state index contributed by atoms with van der Waals surface area (Å²) in [6.45, 7) is 6.24. The van der Waals surface area contributed by atoms with Gasteiger partial charge in [-0.1, -0.05) is 25.4 Å². The average Bonchev–Trinajstić information content (AvgIpc) is 2.35. The Kier molecular flexibility index (Phi) is 5.84. The molecule has 0 heterocycles. The number of benzene rings is 1. The number of nitrogens with one attached hydrogen (secondary N) is 1. The standard InChI is InChI=1S/C15H22ClNO3/c1-10(18)8-15(2,3)9-17-14(19)11-5-6-12(16)13(7-11)20-4/h5-7,10,18H,8-9H2,1-4H3,(H,17,19). The molecule has 0 radical (unpaired) electrons. The molecule has 1 aromatic carbocycles. The Morgan fingerprint density at radius 3 is 2.70 bits per heavy atom. The largest absolute Gasteiger partial charge is 0.495 e. The van der Waals surface area contributed by atoms with Crippen molar-refractivity contribution < 1.29 is 14.6 Å². The highest BCUT2D eigenvalue weighted by Crippen LogP contribution is 2.25. The highest BCUT2D eigenvalue weighted by Gasteiger charge is 2.21. The molecule has 0 bridgehead atoms. The number of aliphatic hydroxyl groups is 1. The van der Waals surface area contributed by atoms with Gasteiger partial charge in [0.25, 0.3) is 5.91 Å². The van der Waals surface area contributed by atoms with Crippen LogP contribution < -0.4 is 10.1 Å².